The molecule has 0 aromatic rings. The average molecular weight is 238 g/mol. The maximum absolute atomic E-state index is 6.21. The van der Waals surface area contributed by atoms with E-state index < -0.39 is 0 Å². The van der Waals surface area contributed by atoms with Crippen LogP contribution in [0.5, 0.6) is 0 Å². The van der Waals surface area contributed by atoms with Gasteiger partial charge in [0.15, 0.2) is 0 Å². The summed E-state index contributed by atoms with van der Waals surface area (Å²) in [5, 5.41) is 0. The van der Waals surface area contributed by atoms with Crippen molar-refractivity contribution in [1.82, 2.24) is 0 Å². The molecule has 0 heterocycles. The minimum absolute atomic E-state index is 0.355. The highest BCUT2D eigenvalue weighted by Crippen LogP contribution is 2.42. The number of rotatable bonds is 2. The molecule has 0 saturated heterocycles. The van der Waals surface area contributed by atoms with E-state index in [-0.39, 0.29) is 0 Å². The highest BCUT2D eigenvalue weighted by atomic mass is 14.7. The highest BCUT2D eigenvalue weighted by molar-refractivity contribution is 4.90. The standard InChI is InChI=1S/C15H30N2/c1-15(2)10-12(5-8-14(15)17)9-11-3-6-13(16)7-4-11/h11-14H,3-10,16-17H2,1-2H3. The summed E-state index contributed by atoms with van der Waals surface area (Å²) in [6.07, 6.45) is 10.6. The van der Waals surface area contributed by atoms with E-state index in [4.69, 9.17) is 11.5 Å². The Kier molecular flexibility index (Phi) is 4.14. The quantitative estimate of drug-likeness (QED) is 0.777. The molecule has 2 fully saturated rings. The molecule has 2 heteroatoms. The lowest BCUT2D eigenvalue weighted by Gasteiger charge is -2.42. The van der Waals surface area contributed by atoms with Crippen molar-refractivity contribution >= 4 is 0 Å². The molecule has 2 aliphatic rings. The first-order chi connectivity index (χ1) is 7.97. The molecule has 2 unspecified atom stereocenters. The van der Waals surface area contributed by atoms with Gasteiger partial charge in [-0.1, -0.05) is 13.8 Å². The Hall–Kier alpha value is -0.0800. The second kappa shape index (κ2) is 5.27. The maximum Gasteiger partial charge on any atom is 0.00904 e. The fourth-order valence-electron chi connectivity index (χ4n) is 3.90. The van der Waals surface area contributed by atoms with Gasteiger partial charge in [0.2, 0.25) is 0 Å². The maximum atomic E-state index is 6.21. The van der Waals surface area contributed by atoms with Crippen LogP contribution in [0.4, 0.5) is 0 Å². The molecule has 2 atom stereocenters. The van der Waals surface area contributed by atoms with Crippen LogP contribution in [-0.4, -0.2) is 12.1 Å². The van der Waals surface area contributed by atoms with Gasteiger partial charge in [-0.05, 0) is 68.6 Å². The van der Waals surface area contributed by atoms with Crippen LogP contribution in [0.25, 0.3) is 0 Å². The second-order valence-electron chi connectivity index (χ2n) is 7.26. The van der Waals surface area contributed by atoms with Crippen molar-refractivity contribution in [2.75, 3.05) is 0 Å². The Morgan fingerprint density at radius 2 is 1.47 bits per heavy atom. The first-order valence-electron chi connectivity index (χ1n) is 7.48. The van der Waals surface area contributed by atoms with Crippen LogP contribution < -0.4 is 11.5 Å². The summed E-state index contributed by atoms with van der Waals surface area (Å²) >= 11 is 0. The Labute approximate surface area is 107 Å². The predicted octanol–water partition coefficient (Wildman–Crippen LogP) is 3.05. The van der Waals surface area contributed by atoms with E-state index >= 15 is 0 Å². The molecule has 0 spiro atoms. The van der Waals surface area contributed by atoms with Crippen molar-refractivity contribution in [3.8, 4) is 0 Å². The number of nitrogens with two attached hydrogens (primary N) is 2. The molecule has 2 rings (SSSR count). The molecule has 17 heavy (non-hydrogen) atoms. The van der Waals surface area contributed by atoms with Gasteiger partial charge in [-0.15, -0.1) is 0 Å². The van der Waals surface area contributed by atoms with Gasteiger partial charge < -0.3 is 11.5 Å². The second-order valence-corrected chi connectivity index (χ2v) is 7.26. The summed E-state index contributed by atoms with van der Waals surface area (Å²) < 4.78 is 0. The SMILES string of the molecule is CC1(C)CC(CC2CCC(N)CC2)CCC1N. The monoisotopic (exact) mass is 238 g/mol. The van der Waals surface area contributed by atoms with E-state index in [1.165, 1.54) is 51.4 Å². The summed E-state index contributed by atoms with van der Waals surface area (Å²) in [6, 6.07) is 0.904. The zero-order chi connectivity index (χ0) is 12.5. The largest absolute Gasteiger partial charge is 0.328 e. The number of hydrogen-bond donors (Lipinski definition) is 2. The Bertz CT molecular complexity index is 241. The molecule has 0 aliphatic heterocycles. The van der Waals surface area contributed by atoms with Crippen LogP contribution >= 0.6 is 0 Å². The van der Waals surface area contributed by atoms with E-state index in [2.05, 4.69) is 13.8 Å². The first-order valence-corrected chi connectivity index (χ1v) is 7.48. The van der Waals surface area contributed by atoms with E-state index in [0.717, 1.165) is 11.8 Å². The molecular weight excluding hydrogens is 208 g/mol. The zero-order valence-corrected chi connectivity index (χ0v) is 11.6. The molecule has 4 N–H and O–H groups in total. The molecule has 0 radical (unpaired) electrons. The Morgan fingerprint density at radius 3 is 2.06 bits per heavy atom. The van der Waals surface area contributed by atoms with E-state index in [1.807, 2.05) is 0 Å². The fraction of sp³-hybridized carbons (Fsp3) is 1.00. The molecule has 2 nitrogen and oxygen atoms in total. The first kappa shape index (κ1) is 13.4. The highest BCUT2D eigenvalue weighted by Gasteiger charge is 2.35. The summed E-state index contributed by atoms with van der Waals surface area (Å²) in [5.41, 5.74) is 12.5. The lowest BCUT2D eigenvalue weighted by molar-refractivity contribution is 0.122. The van der Waals surface area contributed by atoms with Crippen molar-refractivity contribution in [3.63, 3.8) is 0 Å². The zero-order valence-electron chi connectivity index (χ0n) is 11.6. The van der Waals surface area contributed by atoms with Gasteiger partial charge in [0.1, 0.15) is 0 Å². The third-order valence-electron chi connectivity index (χ3n) is 5.26. The van der Waals surface area contributed by atoms with Crippen molar-refractivity contribution in [2.24, 2.45) is 28.7 Å². The van der Waals surface area contributed by atoms with Crippen LogP contribution in [0, 0.1) is 17.3 Å². The normalized spacial score (nSPS) is 42.4. The van der Waals surface area contributed by atoms with Crippen molar-refractivity contribution in [2.45, 2.75) is 77.3 Å². The average Bonchev–Trinajstić information content (AvgIpc) is 2.26. The van der Waals surface area contributed by atoms with Crippen LogP contribution in [0.15, 0.2) is 0 Å². The van der Waals surface area contributed by atoms with E-state index in [9.17, 15) is 0 Å². The van der Waals surface area contributed by atoms with E-state index in [0.29, 0.717) is 17.5 Å². The summed E-state index contributed by atoms with van der Waals surface area (Å²) in [4.78, 5) is 0. The molecule has 0 aromatic carbocycles. The van der Waals surface area contributed by atoms with Crippen LogP contribution in [0.3, 0.4) is 0 Å². The van der Waals surface area contributed by atoms with Crippen molar-refractivity contribution < 1.29 is 0 Å². The summed E-state index contributed by atoms with van der Waals surface area (Å²) in [7, 11) is 0. The third-order valence-corrected chi connectivity index (χ3v) is 5.26. The molecular formula is C15H30N2. The van der Waals surface area contributed by atoms with Gasteiger partial charge in [-0.25, -0.2) is 0 Å². The minimum atomic E-state index is 0.355. The topological polar surface area (TPSA) is 52.0 Å². The van der Waals surface area contributed by atoms with E-state index in [1.54, 1.807) is 0 Å². The van der Waals surface area contributed by atoms with Crippen LogP contribution in [-0.2, 0) is 0 Å². The Morgan fingerprint density at radius 1 is 0.882 bits per heavy atom. The molecule has 0 amide bonds. The van der Waals surface area contributed by atoms with Gasteiger partial charge >= 0.3 is 0 Å². The molecule has 2 saturated carbocycles. The smallest absolute Gasteiger partial charge is 0.00904 e. The predicted molar refractivity (Wildman–Crippen MR) is 73.6 cm³/mol. The molecule has 0 aromatic heterocycles. The van der Waals surface area contributed by atoms with Gasteiger partial charge in [-0.3, -0.25) is 0 Å². The lowest BCUT2D eigenvalue weighted by Crippen LogP contribution is -2.43. The summed E-state index contributed by atoms with van der Waals surface area (Å²) in [5.74, 6) is 1.87. The summed E-state index contributed by atoms with van der Waals surface area (Å²) in [6.45, 7) is 4.70. The molecule has 2 aliphatic carbocycles. The van der Waals surface area contributed by atoms with Gasteiger partial charge in [-0.2, -0.15) is 0 Å². The molecule has 100 valence electrons. The minimum Gasteiger partial charge on any atom is -0.328 e. The van der Waals surface area contributed by atoms with Gasteiger partial charge in [0, 0.05) is 12.1 Å². The van der Waals surface area contributed by atoms with Crippen molar-refractivity contribution in [1.29, 1.82) is 0 Å². The number of hydrogen-bond acceptors (Lipinski definition) is 2. The third kappa shape index (κ3) is 3.45. The lowest BCUT2D eigenvalue weighted by atomic mass is 9.66. The van der Waals surface area contributed by atoms with Gasteiger partial charge in [0.05, 0.1) is 0 Å². The van der Waals surface area contributed by atoms with Crippen LogP contribution in [0.1, 0.15) is 65.2 Å². The fourth-order valence-corrected chi connectivity index (χ4v) is 3.90. The Balaban J connectivity index is 1.80. The van der Waals surface area contributed by atoms with Crippen LogP contribution in [0.2, 0.25) is 0 Å². The molecule has 0 bridgehead atoms. The van der Waals surface area contributed by atoms with Crippen molar-refractivity contribution in [3.05, 3.63) is 0 Å². The van der Waals surface area contributed by atoms with Gasteiger partial charge in [0.25, 0.3) is 0 Å².